The van der Waals surface area contributed by atoms with E-state index in [0.29, 0.717) is 50.2 Å². The van der Waals surface area contributed by atoms with Gasteiger partial charge >= 0.3 is 0 Å². The lowest BCUT2D eigenvalue weighted by Gasteiger charge is -2.31. The van der Waals surface area contributed by atoms with Crippen molar-refractivity contribution in [3.63, 3.8) is 0 Å². The van der Waals surface area contributed by atoms with E-state index in [0.717, 1.165) is 31.7 Å². The molecule has 0 bridgehead atoms. The molecule has 2 aromatic carbocycles. The average molecular weight is 450 g/mol. The first-order valence-electron chi connectivity index (χ1n) is 11.8. The molecule has 2 heterocycles. The van der Waals surface area contributed by atoms with Gasteiger partial charge in [0.05, 0.1) is 13.0 Å². The van der Waals surface area contributed by atoms with Gasteiger partial charge in [-0.1, -0.05) is 18.2 Å². The van der Waals surface area contributed by atoms with Crippen molar-refractivity contribution in [3.8, 4) is 5.75 Å². The highest BCUT2D eigenvalue weighted by Crippen LogP contribution is 2.21. The maximum atomic E-state index is 12.7. The van der Waals surface area contributed by atoms with Gasteiger partial charge in [0.15, 0.2) is 0 Å². The fraction of sp³-hybridized carbons (Fsp3) is 0.423. The zero-order valence-corrected chi connectivity index (χ0v) is 18.9. The molecular weight excluding hydrogens is 418 g/mol. The number of para-hydroxylation sites is 1. The van der Waals surface area contributed by atoms with Gasteiger partial charge in [0.25, 0.3) is 5.91 Å². The second kappa shape index (κ2) is 11.0. The first kappa shape index (κ1) is 22.8. The zero-order valence-electron chi connectivity index (χ0n) is 18.9. The number of anilines is 1. The van der Waals surface area contributed by atoms with E-state index in [9.17, 15) is 14.4 Å². The third kappa shape index (κ3) is 6.12. The van der Waals surface area contributed by atoms with Crippen molar-refractivity contribution in [2.45, 2.75) is 32.1 Å². The van der Waals surface area contributed by atoms with Crippen LogP contribution in [0.1, 0.15) is 42.5 Å². The van der Waals surface area contributed by atoms with Crippen molar-refractivity contribution in [2.75, 3.05) is 38.1 Å². The van der Waals surface area contributed by atoms with Gasteiger partial charge in [-0.05, 0) is 62.1 Å². The van der Waals surface area contributed by atoms with Crippen molar-refractivity contribution in [2.24, 2.45) is 5.92 Å². The van der Waals surface area contributed by atoms with E-state index in [4.69, 9.17) is 4.74 Å². The molecule has 2 aliphatic heterocycles. The molecule has 7 nitrogen and oxygen atoms in total. The third-order valence-corrected chi connectivity index (χ3v) is 6.34. The Morgan fingerprint density at radius 1 is 0.848 bits per heavy atom. The van der Waals surface area contributed by atoms with Crippen molar-refractivity contribution in [1.29, 1.82) is 0 Å². The van der Waals surface area contributed by atoms with E-state index < -0.39 is 0 Å². The Labute approximate surface area is 194 Å². The second-order valence-corrected chi connectivity index (χ2v) is 8.63. The van der Waals surface area contributed by atoms with Gasteiger partial charge in [-0.2, -0.15) is 0 Å². The largest absolute Gasteiger partial charge is 0.493 e. The summed E-state index contributed by atoms with van der Waals surface area (Å²) in [6.45, 7) is 3.13. The highest BCUT2D eigenvalue weighted by Gasteiger charge is 2.27. The monoisotopic (exact) mass is 449 g/mol. The maximum absolute atomic E-state index is 12.7. The standard InChI is InChI=1S/C26H31N3O4/c30-24(14-19-33-23-6-2-1-3-7-23)28-17-12-20(13-18-28)25(31)27-22-10-8-21(9-11-22)26(32)29-15-4-5-16-29/h1-3,6-11,20H,4-5,12-19H2,(H,27,31). The van der Waals surface area contributed by atoms with Crippen LogP contribution in [0.25, 0.3) is 0 Å². The highest BCUT2D eigenvalue weighted by atomic mass is 16.5. The Kier molecular flexibility index (Phi) is 7.60. The summed E-state index contributed by atoms with van der Waals surface area (Å²) in [4.78, 5) is 41.3. The summed E-state index contributed by atoms with van der Waals surface area (Å²) in [5.41, 5.74) is 1.34. The van der Waals surface area contributed by atoms with Crippen molar-refractivity contribution in [1.82, 2.24) is 9.80 Å². The fourth-order valence-corrected chi connectivity index (χ4v) is 4.37. The summed E-state index contributed by atoms with van der Waals surface area (Å²) in [7, 11) is 0. The van der Waals surface area contributed by atoms with Crippen LogP contribution >= 0.6 is 0 Å². The molecule has 0 aromatic heterocycles. The van der Waals surface area contributed by atoms with E-state index >= 15 is 0 Å². The molecule has 174 valence electrons. The summed E-state index contributed by atoms with van der Waals surface area (Å²) in [5, 5.41) is 2.96. The number of amides is 3. The van der Waals surface area contributed by atoms with Crippen LogP contribution in [0.4, 0.5) is 5.69 Å². The number of rotatable bonds is 7. The van der Waals surface area contributed by atoms with Gasteiger partial charge in [0.1, 0.15) is 5.75 Å². The lowest BCUT2D eigenvalue weighted by atomic mass is 9.95. The van der Waals surface area contributed by atoms with E-state index in [1.54, 1.807) is 24.3 Å². The molecule has 3 amide bonds. The molecule has 2 aromatic rings. The molecule has 0 unspecified atom stereocenters. The molecule has 33 heavy (non-hydrogen) atoms. The summed E-state index contributed by atoms with van der Waals surface area (Å²) >= 11 is 0. The summed E-state index contributed by atoms with van der Waals surface area (Å²) < 4.78 is 5.61. The number of carbonyl (C=O) groups is 3. The molecule has 0 spiro atoms. The molecule has 2 saturated heterocycles. The summed E-state index contributed by atoms with van der Waals surface area (Å²) in [6, 6.07) is 16.6. The minimum atomic E-state index is -0.125. The molecule has 0 saturated carbocycles. The summed E-state index contributed by atoms with van der Waals surface area (Å²) in [6.07, 6.45) is 3.73. The Morgan fingerprint density at radius 2 is 1.52 bits per heavy atom. The first-order chi connectivity index (χ1) is 16.1. The molecule has 4 rings (SSSR count). The van der Waals surface area contributed by atoms with E-state index in [1.165, 1.54) is 0 Å². The minimum Gasteiger partial charge on any atom is -0.493 e. The van der Waals surface area contributed by atoms with Crippen LogP contribution in [0.5, 0.6) is 5.75 Å². The molecule has 2 fully saturated rings. The molecule has 0 aliphatic carbocycles. The van der Waals surface area contributed by atoms with Crippen LogP contribution in [0.15, 0.2) is 54.6 Å². The second-order valence-electron chi connectivity index (χ2n) is 8.63. The lowest BCUT2D eigenvalue weighted by molar-refractivity contribution is -0.135. The van der Waals surface area contributed by atoms with Gasteiger partial charge in [-0.3, -0.25) is 14.4 Å². The average Bonchev–Trinajstić information content (AvgIpc) is 3.40. The molecule has 1 N–H and O–H groups in total. The Balaban J connectivity index is 1.19. The van der Waals surface area contributed by atoms with Gasteiger partial charge in [0.2, 0.25) is 11.8 Å². The van der Waals surface area contributed by atoms with Crippen LogP contribution in [0.2, 0.25) is 0 Å². The fourth-order valence-electron chi connectivity index (χ4n) is 4.37. The minimum absolute atomic E-state index is 0.0341. The summed E-state index contributed by atoms with van der Waals surface area (Å²) in [5.74, 6) is 0.711. The number of nitrogens with zero attached hydrogens (tertiary/aromatic N) is 2. The molecular formula is C26H31N3O4. The number of piperidine rings is 1. The quantitative estimate of drug-likeness (QED) is 0.701. The number of nitrogens with one attached hydrogen (secondary N) is 1. The lowest BCUT2D eigenvalue weighted by Crippen LogP contribution is -2.41. The van der Waals surface area contributed by atoms with Gasteiger partial charge in [0, 0.05) is 43.3 Å². The Bertz CT molecular complexity index is 947. The molecule has 0 radical (unpaired) electrons. The highest BCUT2D eigenvalue weighted by molar-refractivity contribution is 5.96. The van der Waals surface area contributed by atoms with Crippen LogP contribution in [0, 0.1) is 5.92 Å². The predicted octanol–water partition coefficient (Wildman–Crippen LogP) is 3.57. The number of hydrogen-bond donors (Lipinski definition) is 1. The third-order valence-electron chi connectivity index (χ3n) is 6.34. The normalized spacial score (nSPS) is 16.5. The van der Waals surface area contributed by atoms with E-state index in [-0.39, 0.29) is 23.6 Å². The van der Waals surface area contributed by atoms with E-state index in [1.807, 2.05) is 40.1 Å². The number of hydrogen-bond acceptors (Lipinski definition) is 4. The van der Waals surface area contributed by atoms with Gasteiger partial charge < -0.3 is 19.9 Å². The zero-order chi connectivity index (χ0) is 23.0. The van der Waals surface area contributed by atoms with Gasteiger partial charge in [-0.15, -0.1) is 0 Å². The van der Waals surface area contributed by atoms with Crippen LogP contribution in [-0.2, 0) is 9.59 Å². The van der Waals surface area contributed by atoms with Crippen molar-refractivity contribution >= 4 is 23.4 Å². The number of ether oxygens (including phenoxy) is 1. The Hall–Kier alpha value is -3.35. The van der Waals surface area contributed by atoms with Crippen LogP contribution in [-0.4, -0.2) is 60.3 Å². The number of benzene rings is 2. The molecule has 0 atom stereocenters. The maximum Gasteiger partial charge on any atom is 0.253 e. The topological polar surface area (TPSA) is 79.0 Å². The first-order valence-corrected chi connectivity index (χ1v) is 11.8. The van der Waals surface area contributed by atoms with Gasteiger partial charge in [-0.25, -0.2) is 0 Å². The van der Waals surface area contributed by atoms with Crippen molar-refractivity contribution < 1.29 is 19.1 Å². The predicted molar refractivity (Wildman–Crippen MR) is 126 cm³/mol. The smallest absolute Gasteiger partial charge is 0.253 e. The number of carbonyl (C=O) groups excluding carboxylic acids is 3. The van der Waals surface area contributed by atoms with Crippen molar-refractivity contribution in [3.05, 3.63) is 60.2 Å². The van der Waals surface area contributed by atoms with Crippen LogP contribution in [0.3, 0.4) is 0 Å². The van der Waals surface area contributed by atoms with E-state index in [2.05, 4.69) is 5.32 Å². The SMILES string of the molecule is O=C(Nc1ccc(C(=O)N2CCCC2)cc1)C1CCN(C(=O)CCOc2ccccc2)CC1. The van der Waals surface area contributed by atoms with Crippen LogP contribution < -0.4 is 10.1 Å². The molecule has 2 aliphatic rings. The Morgan fingerprint density at radius 3 is 2.18 bits per heavy atom. The molecule has 7 heteroatoms. The number of likely N-dealkylation sites (tertiary alicyclic amines) is 2.